The lowest BCUT2D eigenvalue weighted by Crippen LogP contribution is -2.28. The highest BCUT2D eigenvalue weighted by Crippen LogP contribution is 2.29. The molecular weight excluding hydrogens is 436 g/mol. The first-order valence-corrected chi connectivity index (χ1v) is 10.1. The molecule has 1 fully saturated rings. The number of rotatable bonds is 5. The number of carbonyl (C=O) groups is 3. The van der Waals surface area contributed by atoms with Gasteiger partial charge >= 0.3 is 5.97 Å². The van der Waals surface area contributed by atoms with Gasteiger partial charge in [-0.25, -0.2) is 0 Å². The van der Waals surface area contributed by atoms with Gasteiger partial charge in [0.05, 0.1) is 5.92 Å². The van der Waals surface area contributed by atoms with Crippen molar-refractivity contribution in [3.05, 3.63) is 57.6 Å². The molecule has 29 heavy (non-hydrogen) atoms. The van der Waals surface area contributed by atoms with E-state index in [0.717, 1.165) is 26.9 Å². The molecule has 0 bridgehead atoms. The minimum absolute atomic E-state index is 0.0831. The fourth-order valence-electron chi connectivity index (χ4n) is 3.28. The molecule has 0 aliphatic carbocycles. The molecular formula is C22H23BrN2O4. The normalized spacial score (nSPS) is 16.1. The highest BCUT2D eigenvalue weighted by molar-refractivity contribution is 9.10. The van der Waals surface area contributed by atoms with Gasteiger partial charge in [0.2, 0.25) is 5.91 Å². The van der Waals surface area contributed by atoms with Gasteiger partial charge in [0.1, 0.15) is 0 Å². The molecule has 0 saturated carbocycles. The number of carbonyl (C=O) groups excluding carboxylic acids is 3. The molecule has 7 heteroatoms. The molecule has 2 aromatic rings. The number of amides is 2. The van der Waals surface area contributed by atoms with Crippen LogP contribution in [-0.4, -0.2) is 30.9 Å². The number of nitrogens with zero attached hydrogens (tertiary/aromatic N) is 1. The van der Waals surface area contributed by atoms with Gasteiger partial charge in [-0.3, -0.25) is 14.4 Å². The lowest BCUT2D eigenvalue weighted by molar-refractivity contribution is -0.151. The Labute approximate surface area is 178 Å². The van der Waals surface area contributed by atoms with Crippen LogP contribution in [0.15, 0.2) is 40.9 Å². The summed E-state index contributed by atoms with van der Waals surface area (Å²) in [6.07, 6.45) is 0.0831. The number of esters is 1. The van der Waals surface area contributed by atoms with Crippen molar-refractivity contribution in [2.75, 3.05) is 23.4 Å². The number of nitrogens with one attached hydrogen (secondary N) is 1. The molecule has 3 rings (SSSR count). The molecule has 6 nitrogen and oxygen atoms in total. The summed E-state index contributed by atoms with van der Waals surface area (Å²) in [6, 6.07) is 11.3. The summed E-state index contributed by atoms with van der Waals surface area (Å²) in [5.74, 6) is -1.65. The van der Waals surface area contributed by atoms with E-state index in [-0.39, 0.29) is 25.5 Å². The van der Waals surface area contributed by atoms with Crippen molar-refractivity contribution < 1.29 is 19.1 Å². The van der Waals surface area contributed by atoms with Crippen molar-refractivity contribution in [2.45, 2.75) is 27.2 Å². The number of anilines is 2. The van der Waals surface area contributed by atoms with Gasteiger partial charge in [0.15, 0.2) is 6.61 Å². The van der Waals surface area contributed by atoms with Crippen LogP contribution >= 0.6 is 15.9 Å². The van der Waals surface area contributed by atoms with Gasteiger partial charge in [-0.1, -0.05) is 28.1 Å². The maximum Gasteiger partial charge on any atom is 0.311 e. The summed E-state index contributed by atoms with van der Waals surface area (Å²) in [5.41, 5.74) is 4.44. The number of aryl methyl sites for hydroxylation is 3. The summed E-state index contributed by atoms with van der Waals surface area (Å²) in [6.45, 7) is 5.68. The zero-order valence-corrected chi connectivity index (χ0v) is 18.2. The molecule has 1 N–H and O–H groups in total. The third-order valence-corrected chi connectivity index (χ3v) is 5.79. The van der Waals surface area contributed by atoms with Crippen molar-refractivity contribution in [1.29, 1.82) is 0 Å². The van der Waals surface area contributed by atoms with E-state index >= 15 is 0 Å². The van der Waals surface area contributed by atoms with Crippen LogP contribution < -0.4 is 10.2 Å². The molecule has 2 aromatic carbocycles. The Bertz CT molecular complexity index is 973. The Morgan fingerprint density at radius 2 is 1.90 bits per heavy atom. The third-order valence-electron chi connectivity index (χ3n) is 4.90. The average molecular weight is 459 g/mol. The Balaban J connectivity index is 1.56. The van der Waals surface area contributed by atoms with E-state index in [9.17, 15) is 14.4 Å². The second-order valence-corrected chi connectivity index (χ2v) is 8.17. The van der Waals surface area contributed by atoms with E-state index in [2.05, 4.69) is 21.2 Å². The predicted octanol–water partition coefficient (Wildman–Crippen LogP) is 3.91. The standard InChI is InChI=1S/C22H23BrN2O4/c1-13-4-5-14(2)19(8-13)25-11-16(10-21(25)27)22(28)29-12-20(26)24-17-6-7-18(23)15(3)9-17/h4-9,16H,10-12H2,1-3H3,(H,24,26)/t16-/m0/s1. The Hall–Kier alpha value is -2.67. The van der Waals surface area contributed by atoms with Crippen molar-refractivity contribution >= 4 is 45.1 Å². The van der Waals surface area contributed by atoms with E-state index in [1.165, 1.54) is 0 Å². The molecule has 0 unspecified atom stereocenters. The topological polar surface area (TPSA) is 75.7 Å². The molecule has 1 saturated heterocycles. The molecule has 1 aliphatic rings. The van der Waals surface area contributed by atoms with Crippen molar-refractivity contribution in [3.63, 3.8) is 0 Å². The number of ether oxygens (including phenoxy) is 1. The number of benzene rings is 2. The van der Waals surface area contributed by atoms with Gasteiger partial charge in [-0.05, 0) is 61.7 Å². The zero-order valence-electron chi connectivity index (χ0n) is 16.6. The molecule has 0 aromatic heterocycles. The summed E-state index contributed by atoms with van der Waals surface area (Å²) in [5, 5.41) is 2.70. The quantitative estimate of drug-likeness (QED) is 0.689. The Morgan fingerprint density at radius 1 is 1.14 bits per heavy atom. The summed E-state index contributed by atoms with van der Waals surface area (Å²) < 4.78 is 6.11. The van der Waals surface area contributed by atoms with Crippen LogP contribution in [-0.2, 0) is 19.1 Å². The van der Waals surface area contributed by atoms with Crippen molar-refractivity contribution in [2.24, 2.45) is 5.92 Å². The zero-order chi connectivity index (χ0) is 21.1. The predicted molar refractivity (Wildman–Crippen MR) is 115 cm³/mol. The van der Waals surface area contributed by atoms with E-state index in [0.29, 0.717) is 5.69 Å². The summed E-state index contributed by atoms with van der Waals surface area (Å²) >= 11 is 3.40. The largest absolute Gasteiger partial charge is 0.455 e. The third kappa shape index (κ3) is 5.03. The smallest absolute Gasteiger partial charge is 0.311 e. The number of hydrogen-bond acceptors (Lipinski definition) is 4. The maximum atomic E-state index is 12.4. The van der Waals surface area contributed by atoms with Gasteiger partial charge in [0, 0.05) is 28.8 Å². The molecule has 2 amide bonds. The number of hydrogen-bond donors (Lipinski definition) is 1. The van der Waals surface area contributed by atoms with E-state index < -0.39 is 17.8 Å². The molecule has 0 spiro atoms. The van der Waals surface area contributed by atoms with E-state index in [4.69, 9.17) is 4.74 Å². The summed E-state index contributed by atoms with van der Waals surface area (Å²) in [4.78, 5) is 38.5. The fourth-order valence-corrected chi connectivity index (χ4v) is 3.53. The van der Waals surface area contributed by atoms with Crippen molar-refractivity contribution in [1.82, 2.24) is 0 Å². The molecule has 152 valence electrons. The van der Waals surface area contributed by atoms with Gasteiger partial charge in [-0.2, -0.15) is 0 Å². The van der Waals surface area contributed by atoms with Gasteiger partial charge < -0.3 is 15.0 Å². The lowest BCUT2D eigenvalue weighted by Gasteiger charge is -2.19. The molecule has 1 atom stereocenters. The van der Waals surface area contributed by atoms with Crippen LogP contribution in [0, 0.1) is 26.7 Å². The molecule has 1 aliphatic heterocycles. The second kappa shape index (κ2) is 8.78. The van der Waals surface area contributed by atoms with Gasteiger partial charge in [-0.15, -0.1) is 0 Å². The van der Waals surface area contributed by atoms with E-state index in [1.807, 2.05) is 51.1 Å². The summed E-state index contributed by atoms with van der Waals surface area (Å²) in [7, 11) is 0. The minimum Gasteiger partial charge on any atom is -0.455 e. The molecule has 0 radical (unpaired) electrons. The highest BCUT2D eigenvalue weighted by Gasteiger charge is 2.36. The first-order valence-electron chi connectivity index (χ1n) is 9.35. The van der Waals surface area contributed by atoms with Crippen LogP contribution in [0.4, 0.5) is 11.4 Å². The van der Waals surface area contributed by atoms with Crippen molar-refractivity contribution in [3.8, 4) is 0 Å². The van der Waals surface area contributed by atoms with Crippen LogP contribution in [0.5, 0.6) is 0 Å². The van der Waals surface area contributed by atoms with Crippen LogP contribution in [0.2, 0.25) is 0 Å². The Morgan fingerprint density at radius 3 is 2.62 bits per heavy atom. The molecule has 1 heterocycles. The number of halogens is 1. The first kappa shape index (κ1) is 21.0. The van der Waals surface area contributed by atoms with Gasteiger partial charge in [0.25, 0.3) is 5.91 Å². The second-order valence-electron chi connectivity index (χ2n) is 7.32. The lowest BCUT2D eigenvalue weighted by atomic mass is 10.1. The average Bonchev–Trinajstić information content (AvgIpc) is 3.06. The SMILES string of the molecule is Cc1ccc(C)c(N2C[C@@H](C(=O)OCC(=O)Nc3ccc(Br)c(C)c3)CC2=O)c1. The van der Waals surface area contributed by atoms with Crippen LogP contribution in [0.1, 0.15) is 23.1 Å². The van der Waals surface area contributed by atoms with E-state index in [1.54, 1.807) is 11.0 Å². The minimum atomic E-state index is -0.579. The van der Waals surface area contributed by atoms with Crippen LogP contribution in [0.25, 0.3) is 0 Å². The fraction of sp³-hybridized carbons (Fsp3) is 0.318. The maximum absolute atomic E-state index is 12.4. The van der Waals surface area contributed by atoms with Crippen LogP contribution in [0.3, 0.4) is 0 Å². The monoisotopic (exact) mass is 458 g/mol. The highest BCUT2D eigenvalue weighted by atomic mass is 79.9. The Kier molecular flexibility index (Phi) is 6.37. The first-order chi connectivity index (χ1) is 13.7.